The van der Waals surface area contributed by atoms with Crippen LogP contribution in [0.15, 0.2) is 29.0 Å². The fourth-order valence-electron chi connectivity index (χ4n) is 2.04. The third kappa shape index (κ3) is 2.17. The normalized spacial score (nSPS) is 11.1. The van der Waals surface area contributed by atoms with Gasteiger partial charge in [-0.2, -0.15) is 11.3 Å². The minimum atomic E-state index is -0.395. The van der Waals surface area contributed by atoms with Crippen molar-refractivity contribution in [3.63, 3.8) is 0 Å². The third-order valence-electron chi connectivity index (χ3n) is 2.97. The van der Waals surface area contributed by atoms with Crippen molar-refractivity contribution in [3.05, 3.63) is 45.1 Å². The van der Waals surface area contributed by atoms with Crippen molar-refractivity contribution >= 4 is 34.6 Å². The average Bonchev–Trinajstić information content (AvgIpc) is 2.98. The number of ether oxygens (including phenoxy) is 1. The van der Waals surface area contributed by atoms with Crippen LogP contribution in [0, 0.1) is 10.6 Å². The quantitative estimate of drug-likeness (QED) is 0.741. The van der Waals surface area contributed by atoms with Crippen molar-refractivity contribution in [2.24, 2.45) is 0 Å². The first kappa shape index (κ1) is 12.4. The van der Waals surface area contributed by atoms with E-state index in [1.807, 2.05) is 16.0 Å². The number of nitrogens with one attached hydrogen (secondary N) is 1. The summed E-state index contributed by atoms with van der Waals surface area (Å²) in [5.74, 6) is -0.172. The zero-order valence-corrected chi connectivity index (χ0v) is 11.8. The van der Waals surface area contributed by atoms with Gasteiger partial charge < -0.3 is 14.3 Å². The number of rotatable bonds is 3. The molecule has 2 aromatic heterocycles. The lowest BCUT2D eigenvalue weighted by atomic mass is 10.2. The molecule has 0 amide bonds. The first-order chi connectivity index (χ1) is 9.19. The highest BCUT2D eigenvalue weighted by Crippen LogP contribution is 2.25. The molecule has 6 heteroatoms. The van der Waals surface area contributed by atoms with E-state index in [0.717, 1.165) is 5.52 Å². The molecule has 0 radical (unpaired) electrons. The average molecular weight is 294 g/mol. The molecule has 0 unspecified atom stereocenters. The number of methoxy groups -OCH3 is 1. The molecule has 0 saturated heterocycles. The molecule has 19 heavy (non-hydrogen) atoms. The Morgan fingerprint density at radius 1 is 1.47 bits per heavy atom. The van der Waals surface area contributed by atoms with Crippen molar-refractivity contribution in [1.82, 2.24) is 9.55 Å². The Morgan fingerprint density at radius 2 is 2.32 bits per heavy atom. The number of aromatic amines is 1. The predicted molar refractivity (Wildman–Crippen MR) is 77.1 cm³/mol. The summed E-state index contributed by atoms with van der Waals surface area (Å²) in [7, 11) is 1.45. The van der Waals surface area contributed by atoms with Crippen LogP contribution >= 0.6 is 23.6 Å². The predicted octanol–water partition coefficient (Wildman–Crippen LogP) is 3.96. The van der Waals surface area contributed by atoms with Gasteiger partial charge >= 0.3 is 0 Å². The van der Waals surface area contributed by atoms with Crippen molar-refractivity contribution in [1.29, 1.82) is 0 Å². The summed E-state index contributed by atoms with van der Waals surface area (Å²) < 4.78 is 21.2. The number of hydrogen-bond donors (Lipinski definition) is 1. The van der Waals surface area contributed by atoms with Crippen LogP contribution in [0.4, 0.5) is 4.39 Å². The van der Waals surface area contributed by atoms with Gasteiger partial charge in [-0.25, -0.2) is 4.39 Å². The molecule has 0 fully saturated rings. The Bertz CT molecular complexity index is 774. The Balaban J connectivity index is 2.18. The Hall–Kier alpha value is -1.66. The Kier molecular flexibility index (Phi) is 3.12. The van der Waals surface area contributed by atoms with Crippen LogP contribution in [0.5, 0.6) is 5.75 Å². The molecule has 0 bridgehead atoms. The van der Waals surface area contributed by atoms with Crippen LogP contribution in [-0.2, 0) is 6.54 Å². The number of imidazole rings is 1. The number of thiophene rings is 1. The summed E-state index contributed by atoms with van der Waals surface area (Å²) in [6, 6.07) is 5.13. The maximum Gasteiger partial charge on any atom is 0.178 e. The first-order valence-electron chi connectivity index (χ1n) is 5.66. The van der Waals surface area contributed by atoms with Crippen molar-refractivity contribution in [3.8, 4) is 5.75 Å². The van der Waals surface area contributed by atoms with Gasteiger partial charge in [-0.05, 0) is 34.6 Å². The maximum atomic E-state index is 13.7. The number of halogens is 1. The fraction of sp³-hybridized carbons (Fsp3) is 0.154. The van der Waals surface area contributed by atoms with Crippen LogP contribution in [0.1, 0.15) is 5.56 Å². The van der Waals surface area contributed by atoms with E-state index in [1.54, 1.807) is 17.4 Å². The van der Waals surface area contributed by atoms with Gasteiger partial charge in [-0.3, -0.25) is 0 Å². The SMILES string of the molecule is COc1cc2c(cc1F)[nH]c(=S)n2Cc1ccsc1. The minimum absolute atomic E-state index is 0.223. The second kappa shape index (κ2) is 4.79. The van der Waals surface area contributed by atoms with Gasteiger partial charge in [0.15, 0.2) is 16.3 Å². The molecule has 3 aromatic rings. The zero-order chi connectivity index (χ0) is 13.4. The molecule has 0 aliphatic carbocycles. The van der Waals surface area contributed by atoms with Gasteiger partial charge in [-0.1, -0.05) is 0 Å². The van der Waals surface area contributed by atoms with Gasteiger partial charge in [0.05, 0.1) is 24.7 Å². The van der Waals surface area contributed by atoms with Gasteiger partial charge in [0.2, 0.25) is 0 Å². The Labute approximate surface area is 118 Å². The molecule has 0 saturated carbocycles. The lowest BCUT2D eigenvalue weighted by molar-refractivity contribution is 0.387. The number of aromatic nitrogens is 2. The van der Waals surface area contributed by atoms with Crippen molar-refractivity contribution < 1.29 is 9.13 Å². The van der Waals surface area contributed by atoms with E-state index in [1.165, 1.54) is 18.7 Å². The largest absolute Gasteiger partial charge is 0.494 e. The first-order valence-corrected chi connectivity index (χ1v) is 7.01. The van der Waals surface area contributed by atoms with Crippen LogP contribution in [0.3, 0.4) is 0 Å². The van der Waals surface area contributed by atoms with Gasteiger partial charge in [0.1, 0.15) is 0 Å². The summed E-state index contributed by atoms with van der Waals surface area (Å²) in [5.41, 5.74) is 2.69. The lowest BCUT2D eigenvalue weighted by Gasteiger charge is -2.05. The summed E-state index contributed by atoms with van der Waals surface area (Å²) in [4.78, 5) is 3.02. The molecule has 98 valence electrons. The van der Waals surface area contributed by atoms with Crippen molar-refractivity contribution in [2.75, 3.05) is 7.11 Å². The van der Waals surface area contributed by atoms with Gasteiger partial charge in [0.25, 0.3) is 0 Å². The van der Waals surface area contributed by atoms with E-state index in [0.29, 0.717) is 16.8 Å². The monoisotopic (exact) mass is 294 g/mol. The molecule has 0 aliphatic rings. The standard InChI is InChI=1S/C13H11FN2OS2/c1-17-12-5-11-10(4-9(12)14)15-13(18)16(11)6-8-2-3-19-7-8/h2-5,7H,6H2,1H3,(H,15,18). The zero-order valence-electron chi connectivity index (χ0n) is 10.1. The van der Waals surface area contributed by atoms with Crippen LogP contribution in [0.25, 0.3) is 11.0 Å². The van der Waals surface area contributed by atoms with Crippen LogP contribution < -0.4 is 4.74 Å². The summed E-state index contributed by atoms with van der Waals surface area (Å²) >= 11 is 6.94. The number of fused-ring (bicyclic) bond motifs is 1. The molecule has 3 nitrogen and oxygen atoms in total. The summed E-state index contributed by atoms with van der Waals surface area (Å²) in [6.45, 7) is 0.664. The van der Waals surface area contributed by atoms with Crippen LogP contribution in [0.2, 0.25) is 0 Å². The molecular formula is C13H11FN2OS2. The van der Waals surface area contributed by atoms with E-state index < -0.39 is 5.82 Å². The molecule has 2 heterocycles. The summed E-state index contributed by atoms with van der Waals surface area (Å²) in [6.07, 6.45) is 0. The molecule has 0 atom stereocenters. The highest BCUT2D eigenvalue weighted by atomic mass is 32.1. The summed E-state index contributed by atoms with van der Waals surface area (Å²) in [5, 5.41) is 4.09. The van der Waals surface area contributed by atoms with E-state index >= 15 is 0 Å². The number of H-pyrrole nitrogens is 1. The molecule has 1 aromatic carbocycles. The number of nitrogens with zero attached hydrogens (tertiary/aromatic N) is 1. The molecular weight excluding hydrogens is 283 g/mol. The smallest absolute Gasteiger partial charge is 0.178 e. The second-order valence-electron chi connectivity index (χ2n) is 4.15. The van der Waals surface area contributed by atoms with Crippen LogP contribution in [-0.4, -0.2) is 16.7 Å². The van der Waals surface area contributed by atoms with E-state index in [9.17, 15) is 4.39 Å². The highest BCUT2D eigenvalue weighted by Gasteiger charge is 2.11. The topological polar surface area (TPSA) is 29.9 Å². The Morgan fingerprint density at radius 3 is 3.00 bits per heavy atom. The van der Waals surface area contributed by atoms with E-state index in [4.69, 9.17) is 17.0 Å². The molecule has 0 aliphatic heterocycles. The van der Waals surface area contributed by atoms with E-state index in [2.05, 4.69) is 10.4 Å². The lowest BCUT2D eigenvalue weighted by Crippen LogP contribution is -1.98. The molecule has 3 rings (SSSR count). The van der Waals surface area contributed by atoms with Gasteiger partial charge in [0, 0.05) is 12.1 Å². The number of benzene rings is 1. The maximum absolute atomic E-state index is 13.7. The highest BCUT2D eigenvalue weighted by molar-refractivity contribution is 7.71. The fourth-order valence-corrected chi connectivity index (χ4v) is 2.97. The van der Waals surface area contributed by atoms with Gasteiger partial charge in [-0.15, -0.1) is 0 Å². The molecule has 0 spiro atoms. The third-order valence-corrected chi connectivity index (χ3v) is 4.02. The minimum Gasteiger partial charge on any atom is -0.494 e. The number of hydrogen-bond acceptors (Lipinski definition) is 3. The van der Waals surface area contributed by atoms with Crippen molar-refractivity contribution in [2.45, 2.75) is 6.54 Å². The molecule has 1 N–H and O–H groups in total. The second-order valence-corrected chi connectivity index (χ2v) is 5.32. The van der Waals surface area contributed by atoms with E-state index in [-0.39, 0.29) is 5.75 Å².